The third-order valence-corrected chi connectivity index (χ3v) is 1.46. The Morgan fingerprint density at radius 3 is 2.43 bits per heavy atom. The quantitative estimate of drug-likeness (QED) is 0.407. The van der Waals surface area contributed by atoms with E-state index in [-0.39, 0.29) is 6.61 Å². The lowest BCUT2D eigenvalue weighted by Gasteiger charge is -2.09. The summed E-state index contributed by atoms with van der Waals surface area (Å²) in [6, 6.07) is -0.825. The minimum absolute atomic E-state index is 0.0516. The smallest absolute Gasteiger partial charge is 0.148 e. The Morgan fingerprint density at radius 1 is 1.29 bits per heavy atom. The predicted octanol–water partition coefficient (Wildman–Crippen LogP) is -2.97. The van der Waals surface area contributed by atoms with Crippen LogP contribution in [0.25, 0.3) is 0 Å². The van der Waals surface area contributed by atoms with Gasteiger partial charge in [-0.25, -0.2) is 0 Å². The summed E-state index contributed by atoms with van der Waals surface area (Å²) in [5.74, 6) is -1.20. The second-order valence-corrected chi connectivity index (χ2v) is 2.70. The molecule has 0 bridgehead atoms. The van der Waals surface area contributed by atoms with Crippen LogP contribution in [0.3, 0.4) is 0 Å². The van der Waals surface area contributed by atoms with Crippen molar-refractivity contribution in [2.45, 2.75) is 6.04 Å². The molecule has 0 heterocycles. The lowest BCUT2D eigenvalue weighted by molar-refractivity contribution is -0.442. The number of rotatable bonds is 9. The van der Waals surface area contributed by atoms with Crippen LogP contribution in [0.4, 0.5) is 0 Å². The zero-order valence-corrected chi connectivity index (χ0v) is 8.36. The van der Waals surface area contributed by atoms with Crippen LogP contribution >= 0.6 is 0 Å². The van der Waals surface area contributed by atoms with Crippen molar-refractivity contribution in [1.82, 2.24) is 0 Å². The van der Waals surface area contributed by atoms with Gasteiger partial charge in [0.15, 0.2) is 0 Å². The van der Waals surface area contributed by atoms with Gasteiger partial charge in [0, 0.05) is 7.11 Å². The molecule has 6 nitrogen and oxygen atoms in total. The predicted molar refractivity (Wildman–Crippen MR) is 45.2 cm³/mol. The maximum atomic E-state index is 10.2. The van der Waals surface area contributed by atoms with Crippen LogP contribution in [0.15, 0.2) is 0 Å². The van der Waals surface area contributed by atoms with Crippen LogP contribution in [-0.2, 0) is 19.0 Å². The number of hydrogen-bond donors (Lipinski definition) is 1. The third-order valence-electron chi connectivity index (χ3n) is 1.46. The molecule has 0 aromatic carbocycles. The number of ether oxygens (including phenoxy) is 3. The minimum Gasteiger partial charge on any atom is -0.544 e. The number of hydrogen-bond acceptors (Lipinski definition) is 5. The summed E-state index contributed by atoms with van der Waals surface area (Å²) in [4.78, 5) is 10.2. The van der Waals surface area contributed by atoms with Crippen molar-refractivity contribution in [3.8, 4) is 0 Å². The highest BCUT2D eigenvalue weighted by Crippen LogP contribution is 1.81. The Kier molecular flexibility index (Phi) is 8.45. The molecule has 0 fully saturated rings. The SMILES string of the molecule is COCCOCCOC[C@H]([NH3+])C(=O)[O-]. The van der Waals surface area contributed by atoms with Crippen molar-refractivity contribution < 1.29 is 29.8 Å². The topological polar surface area (TPSA) is 95.5 Å². The van der Waals surface area contributed by atoms with Crippen molar-refractivity contribution in [3.05, 3.63) is 0 Å². The van der Waals surface area contributed by atoms with E-state index in [0.717, 1.165) is 0 Å². The van der Waals surface area contributed by atoms with Crippen LogP contribution in [0.2, 0.25) is 0 Å². The summed E-state index contributed by atoms with van der Waals surface area (Å²) in [5, 5.41) is 10.2. The van der Waals surface area contributed by atoms with E-state index in [2.05, 4.69) is 5.73 Å². The van der Waals surface area contributed by atoms with Gasteiger partial charge in [0.25, 0.3) is 0 Å². The van der Waals surface area contributed by atoms with E-state index in [1.165, 1.54) is 0 Å². The number of methoxy groups -OCH3 is 1. The molecular weight excluding hydrogens is 190 g/mol. The van der Waals surface area contributed by atoms with Crippen molar-refractivity contribution in [1.29, 1.82) is 0 Å². The van der Waals surface area contributed by atoms with Crippen molar-refractivity contribution in [2.75, 3.05) is 40.1 Å². The third kappa shape index (κ3) is 7.93. The normalized spacial score (nSPS) is 12.7. The fourth-order valence-electron chi connectivity index (χ4n) is 0.656. The first-order valence-electron chi connectivity index (χ1n) is 4.37. The van der Waals surface area contributed by atoms with E-state index in [1.54, 1.807) is 7.11 Å². The summed E-state index contributed by atoms with van der Waals surface area (Å²) < 4.78 is 14.8. The summed E-state index contributed by atoms with van der Waals surface area (Å²) in [6.07, 6.45) is 0. The summed E-state index contributed by atoms with van der Waals surface area (Å²) in [5.41, 5.74) is 3.34. The minimum atomic E-state index is -1.20. The average Bonchev–Trinajstić information content (AvgIpc) is 2.16. The molecule has 14 heavy (non-hydrogen) atoms. The number of aliphatic carboxylic acids is 1. The fourth-order valence-corrected chi connectivity index (χ4v) is 0.656. The van der Waals surface area contributed by atoms with Gasteiger partial charge in [-0.1, -0.05) is 0 Å². The molecule has 0 aromatic heterocycles. The monoisotopic (exact) mass is 207 g/mol. The summed E-state index contributed by atoms with van der Waals surface area (Å²) >= 11 is 0. The summed E-state index contributed by atoms with van der Waals surface area (Å²) in [6.45, 7) is 1.87. The molecule has 0 aliphatic rings. The molecule has 84 valence electrons. The molecule has 0 rings (SSSR count). The number of carbonyl (C=O) groups is 1. The first-order chi connectivity index (χ1) is 6.68. The van der Waals surface area contributed by atoms with Gasteiger partial charge >= 0.3 is 0 Å². The Labute approximate surface area is 82.9 Å². The molecular formula is C8H17NO5. The highest BCUT2D eigenvalue weighted by Gasteiger charge is 2.05. The number of quaternary nitrogens is 1. The van der Waals surface area contributed by atoms with E-state index < -0.39 is 12.0 Å². The zero-order chi connectivity index (χ0) is 10.8. The van der Waals surface area contributed by atoms with Gasteiger partial charge < -0.3 is 29.8 Å². The van der Waals surface area contributed by atoms with Gasteiger partial charge in [-0.3, -0.25) is 0 Å². The van der Waals surface area contributed by atoms with Gasteiger partial charge in [-0.15, -0.1) is 0 Å². The second kappa shape index (κ2) is 8.89. The van der Waals surface area contributed by atoms with Crippen molar-refractivity contribution in [2.24, 2.45) is 0 Å². The van der Waals surface area contributed by atoms with E-state index in [1.807, 2.05) is 0 Å². The lowest BCUT2D eigenvalue weighted by Crippen LogP contribution is -2.70. The molecule has 0 saturated carbocycles. The summed E-state index contributed by atoms with van der Waals surface area (Å²) in [7, 11) is 1.59. The standard InChI is InChI=1S/C8H17NO5/c1-12-2-3-13-4-5-14-6-7(9)8(10)11/h7H,2-6,9H2,1H3,(H,10,11)/t7-/m0/s1. The Balaban J connectivity index is 3.09. The second-order valence-electron chi connectivity index (χ2n) is 2.70. The van der Waals surface area contributed by atoms with Crippen molar-refractivity contribution >= 4 is 5.97 Å². The molecule has 0 amide bonds. The molecule has 0 aliphatic carbocycles. The molecule has 6 heteroatoms. The maximum Gasteiger partial charge on any atom is 0.148 e. The first-order valence-corrected chi connectivity index (χ1v) is 4.37. The average molecular weight is 207 g/mol. The maximum absolute atomic E-state index is 10.2. The zero-order valence-electron chi connectivity index (χ0n) is 8.36. The van der Waals surface area contributed by atoms with E-state index in [4.69, 9.17) is 14.2 Å². The van der Waals surface area contributed by atoms with Gasteiger partial charge in [0.2, 0.25) is 0 Å². The highest BCUT2D eigenvalue weighted by molar-refractivity contribution is 5.69. The molecule has 0 aliphatic heterocycles. The number of carboxylic acids is 1. The van der Waals surface area contributed by atoms with Gasteiger partial charge in [0.05, 0.1) is 26.4 Å². The Hall–Kier alpha value is -0.690. The van der Waals surface area contributed by atoms with Gasteiger partial charge in [-0.05, 0) is 0 Å². The van der Waals surface area contributed by atoms with Crippen LogP contribution in [-0.4, -0.2) is 52.2 Å². The van der Waals surface area contributed by atoms with Crippen LogP contribution < -0.4 is 10.8 Å². The molecule has 1 atom stereocenters. The molecule has 0 aromatic rings. The fraction of sp³-hybridized carbons (Fsp3) is 0.875. The van der Waals surface area contributed by atoms with E-state index in [0.29, 0.717) is 26.4 Å². The first kappa shape index (κ1) is 13.3. The lowest BCUT2D eigenvalue weighted by atomic mass is 10.3. The van der Waals surface area contributed by atoms with Crippen molar-refractivity contribution in [3.63, 3.8) is 0 Å². The van der Waals surface area contributed by atoms with E-state index in [9.17, 15) is 9.90 Å². The Bertz CT molecular complexity index is 153. The van der Waals surface area contributed by atoms with Crippen LogP contribution in [0.5, 0.6) is 0 Å². The molecule has 0 radical (unpaired) electrons. The number of carboxylic acid groups (broad SMARTS) is 1. The van der Waals surface area contributed by atoms with E-state index >= 15 is 0 Å². The molecule has 3 N–H and O–H groups in total. The van der Waals surface area contributed by atoms with Gasteiger partial charge in [-0.2, -0.15) is 0 Å². The molecule has 0 unspecified atom stereocenters. The molecule has 0 saturated heterocycles. The molecule has 0 spiro atoms. The largest absolute Gasteiger partial charge is 0.544 e. The number of carbonyl (C=O) groups excluding carboxylic acids is 1. The van der Waals surface area contributed by atoms with Crippen LogP contribution in [0, 0.1) is 0 Å². The highest BCUT2D eigenvalue weighted by atomic mass is 16.5. The van der Waals surface area contributed by atoms with Gasteiger partial charge in [0.1, 0.15) is 18.6 Å². The van der Waals surface area contributed by atoms with Crippen LogP contribution in [0.1, 0.15) is 0 Å². The Morgan fingerprint density at radius 2 is 1.86 bits per heavy atom.